The van der Waals surface area contributed by atoms with Crippen LogP contribution in [0, 0.1) is 17.2 Å². The van der Waals surface area contributed by atoms with Gasteiger partial charge in [0, 0.05) is 30.2 Å². The lowest BCUT2D eigenvalue weighted by atomic mass is 9.96. The van der Waals surface area contributed by atoms with Crippen molar-refractivity contribution in [2.75, 3.05) is 13.1 Å². The zero-order valence-corrected chi connectivity index (χ0v) is 18.1. The second-order valence-electron chi connectivity index (χ2n) is 7.73. The third kappa shape index (κ3) is 4.97. The first-order valence-corrected chi connectivity index (χ1v) is 11.2. The number of hydrogen-bond acceptors (Lipinski definition) is 6. The smallest absolute Gasteiger partial charge is 0.261 e. The molecule has 6 nitrogen and oxygen atoms in total. The number of nitrogens with zero attached hydrogens (tertiary/aromatic N) is 3. The number of nitrogens with one attached hydrogen (secondary N) is 1. The maximum absolute atomic E-state index is 13.7. The van der Waals surface area contributed by atoms with E-state index in [4.69, 9.17) is 5.73 Å². The van der Waals surface area contributed by atoms with Crippen LogP contribution in [-0.4, -0.2) is 36.3 Å². The number of hydrazone groups is 1. The van der Waals surface area contributed by atoms with E-state index in [1.54, 1.807) is 6.21 Å². The molecule has 1 aromatic heterocycles. The van der Waals surface area contributed by atoms with Gasteiger partial charge in [0.25, 0.3) is 5.91 Å². The summed E-state index contributed by atoms with van der Waals surface area (Å²) < 4.78 is 13.7. The van der Waals surface area contributed by atoms with Crippen molar-refractivity contribution >= 4 is 23.5 Å². The number of nitrogens with two attached hydrogens (primary N) is 1. The molecule has 2 aliphatic rings. The molecule has 0 radical (unpaired) electrons. The van der Waals surface area contributed by atoms with Crippen molar-refractivity contribution in [1.82, 2.24) is 10.3 Å². The average molecular weight is 430 g/mol. The summed E-state index contributed by atoms with van der Waals surface area (Å²) >= 11 is 1.47. The van der Waals surface area contributed by atoms with Crippen molar-refractivity contribution in [3.05, 3.63) is 45.4 Å². The topological polar surface area (TPSA) is 94.5 Å². The van der Waals surface area contributed by atoms with Gasteiger partial charge in [0.05, 0.1) is 17.0 Å². The third-order valence-electron chi connectivity index (χ3n) is 5.34. The standard InChI is InChI=1S/C22H28FN5OS/c1-3-5-16(23)8-14(2)9-17(12-25)27-22(29)20-10-18-19(30-20)6-4-7-28-21(18)15(11-24)13-26-28/h8,10,13,15,17,21H,2-7,9,12,25H2,1H3,(H,27,29)/b16-8+. The number of amides is 1. The van der Waals surface area contributed by atoms with Crippen LogP contribution in [0.4, 0.5) is 4.39 Å². The number of carbonyl (C=O) groups is 1. The molecule has 30 heavy (non-hydrogen) atoms. The normalized spacial score (nSPS) is 21.4. The summed E-state index contributed by atoms with van der Waals surface area (Å²) in [6, 6.07) is 3.75. The van der Waals surface area contributed by atoms with Crippen LogP contribution in [0.5, 0.6) is 0 Å². The summed E-state index contributed by atoms with van der Waals surface area (Å²) in [5.41, 5.74) is 7.46. The van der Waals surface area contributed by atoms with Crippen molar-refractivity contribution < 1.29 is 9.18 Å². The van der Waals surface area contributed by atoms with Gasteiger partial charge in [0.15, 0.2) is 0 Å². The molecule has 0 aliphatic carbocycles. The van der Waals surface area contributed by atoms with E-state index in [1.807, 2.05) is 18.0 Å². The van der Waals surface area contributed by atoms with Crippen LogP contribution in [0.15, 0.2) is 35.2 Å². The predicted octanol–water partition coefficient (Wildman–Crippen LogP) is 3.83. The van der Waals surface area contributed by atoms with Gasteiger partial charge in [0.2, 0.25) is 0 Å². The van der Waals surface area contributed by atoms with Crippen LogP contribution >= 0.6 is 11.3 Å². The largest absolute Gasteiger partial charge is 0.347 e. The van der Waals surface area contributed by atoms with Gasteiger partial charge in [-0.1, -0.05) is 19.1 Å². The Kier molecular flexibility index (Phi) is 7.40. The maximum Gasteiger partial charge on any atom is 0.261 e. The number of rotatable bonds is 8. The van der Waals surface area contributed by atoms with Gasteiger partial charge in [-0.2, -0.15) is 10.4 Å². The summed E-state index contributed by atoms with van der Waals surface area (Å²) in [6.07, 6.45) is 6.43. The highest BCUT2D eigenvalue weighted by Gasteiger charge is 2.37. The molecule has 0 bridgehead atoms. The number of allylic oxidation sites excluding steroid dienone is 2. The minimum absolute atomic E-state index is 0.123. The van der Waals surface area contributed by atoms with Gasteiger partial charge in [-0.3, -0.25) is 9.80 Å². The fraction of sp³-hybridized carbons (Fsp3) is 0.500. The first-order chi connectivity index (χ1) is 14.5. The van der Waals surface area contributed by atoms with Gasteiger partial charge in [0.1, 0.15) is 11.7 Å². The van der Waals surface area contributed by atoms with Gasteiger partial charge in [-0.25, -0.2) is 4.39 Å². The molecular weight excluding hydrogens is 401 g/mol. The number of aryl methyl sites for hydroxylation is 1. The van der Waals surface area contributed by atoms with Gasteiger partial charge in [-0.15, -0.1) is 11.3 Å². The zero-order chi connectivity index (χ0) is 21.7. The number of fused-ring (bicyclic) bond motifs is 3. The SMILES string of the molecule is C=C(/C=C(/F)CCC)CC(CN)NC(=O)c1cc2c(s1)CCCN1N=CC(C#N)C21. The molecule has 0 fully saturated rings. The fourth-order valence-corrected chi connectivity index (χ4v) is 5.06. The second kappa shape index (κ2) is 10.0. The highest BCUT2D eigenvalue weighted by atomic mass is 32.1. The monoisotopic (exact) mass is 429 g/mol. The second-order valence-corrected chi connectivity index (χ2v) is 8.87. The summed E-state index contributed by atoms with van der Waals surface area (Å²) in [5, 5.41) is 18.8. The highest BCUT2D eigenvalue weighted by molar-refractivity contribution is 7.14. The zero-order valence-electron chi connectivity index (χ0n) is 17.2. The van der Waals surface area contributed by atoms with Crippen molar-refractivity contribution in [2.24, 2.45) is 16.8 Å². The van der Waals surface area contributed by atoms with E-state index in [0.717, 1.165) is 36.2 Å². The molecule has 0 aromatic carbocycles. The number of nitriles is 1. The van der Waals surface area contributed by atoms with Crippen LogP contribution in [0.3, 0.4) is 0 Å². The molecule has 3 atom stereocenters. The quantitative estimate of drug-likeness (QED) is 0.614. The molecule has 1 aromatic rings. The Morgan fingerprint density at radius 1 is 1.63 bits per heavy atom. The summed E-state index contributed by atoms with van der Waals surface area (Å²) in [7, 11) is 0. The minimum atomic E-state index is -0.323. The fourth-order valence-electron chi connectivity index (χ4n) is 3.91. The van der Waals surface area contributed by atoms with Crippen molar-refractivity contribution in [3.8, 4) is 6.07 Å². The van der Waals surface area contributed by atoms with Crippen LogP contribution in [0.25, 0.3) is 0 Å². The Morgan fingerprint density at radius 2 is 2.43 bits per heavy atom. The highest BCUT2D eigenvalue weighted by Crippen LogP contribution is 2.40. The van der Waals surface area contributed by atoms with E-state index in [-0.39, 0.29) is 36.3 Å². The first kappa shape index (κ1) is 22.2. The molecule has 0 saturated heterocycles. The summed E-state index contributed by atoms with van der Waals surface area (Å²) in [4.78, 5) is 14.6. The molecule has 3 heterocycles. The number of halogens is 1. The van der Waals surface area contributed by atoms with E-state index < -0.39 is 0 Å². The average Bonchev–Trinajstić information content (AvgIpc) is 3.27. The Balaban J connectivity index is 1.70. The van der Waals surface area contributed by atoms with Crippen molar-refractivity contribution in [3.63, 3.8) is 0 Å². The minimum Gasteiger partial charge on any atom is -0.347 e. The van der Waals surface area contributed by atoms with E-state index in [1.165, 1.54) is 17.4 Å². The molecule has 8 heteroatoms. The molecular formula is C22H28FN5OS. The van der Waals surface area contributed by atoms with Crippen LogP contribution in [-0.2, 0) is 6.42 Å². The molecule has 0 spiro atoms. The molecule has 1 amide bonds. The Hall–Kier alpha value is -2.50. The van der Waals surface area contributed by atoms with Crippen LogP contribution in [0.1, 0.15) is 58.8 Å². The predicted molar refractivity (Wildman–Crippen MR) is 118 cm³/mol. The lowest BCUT2D eigenvalue weighted by Gasteiger charge is -2.23. The number of thiophene rings is 1. The van der Waals surface area contributed by atoms with E-state index in [0.29, 0.717) is 23.3 Å². The Labute approximate surface area is 180 Å². The van der Waals surface area contributed by atoms with E-state index in [9.17, 15) is 14.4 Å². The molecule has 2 aliphatic heterocycles. The van der Waals surface area contributed by atoms with Crippen LogP contribution in [0.2, 0.25) is 0 Å². The Bertz CT molecular complexity index is 900. The summed E-state index contributed by atoms with van der Waals surface area (Å²) in [6.45, 7) is 6.85. The molecule has 3 rings (SSSR count). The van der Waals surface area contributed by atoms with E-state index >= 15 is 0 Å². The van der Waals surface area contributed by atoms with Crippen molar-refractivity contribution in [2.45, 2.75) is 51.1 Å². The summed E-state index contributed by atoms with van der Waals surface area (Å²) in [5.74, 6) is -0.715. The first-order valence-electron chi connectivity index (χ1n) is 10.3. The van der Waals surface area contributed by atoms with E-state index in [2.05, 4.69) is 23.1 Å². The number of hydrogen-bond donors (Lipinski definition) is 2. The van der Waals surface area contributed by atoms with Gasteiger partial charge < -0.3 is 11.1 Å². The molecule has 3 N–H and O–H groups in total. The maximum atomic E-state index is 13.7. The lowest BCUT2D eigenvalue weighted by Crippen LogP contribution is -2.40. The molecule has 3 unspecified atom stereocenters. The Morgan fingerprint density at radius 3 is 3.13 bits per heavy atom. The van der Waals surface area contributed by atoms with Crippen LogP contribution < -0.4 is 11.1 Å². The molecule has 0 saturated carbocycles. The molecule has 160 valence electrons. The third-order valence-corrected chi connectivity index (χ3v) is 6.55. The lowest BCUT2D eigenvalue weighted by molar-refractivity contribution is 0.0942. The van der Waals surface area contributed by atoms with Gasteiger partial charge >= 0.3 is 0 Å². The van der Waals surface area contributed by atoms with Gasteiger partial charge in [-0.05, 0) is 49.8 Å². The van der Waals surface area contributed by atoms with Crippen molar-refractivity contribution in [1.29, 1.82) is 5.26 Å². The number of carbonyl (C=O) groups excluding carboxylic acids is 1.